The molecule has 6 heteroatoms. The van der Waals surface area contributed by atoms with Gasteiger partial charge in [-0.1, -0.05) is 19.9 Å². The Labute approximate surface area is 159 Å². The van der Waals surface area contributed by atoms with Crippen LogP contribution >= 0.6 is 0 Å². The SMILES string of the molecule is COc1cccc(OC)c1C(=O)Nc1ccc2c(c1)CCN2C(=O)C(C)C. The highest BCUT2D eigenvalue weighted by atomic mass is 16.5. The van der Waals surface area contributed by atoms with E-state index in [4.69, 9.17) is 9.47 Å². The van der Waals surface area contributed by atoms with Gasteiger partial charge in [-0.05, 0) is 42.3 Å². The molecule has 2 aromatic rings. The quantitative estimate of drug-likeness (QED) is 0.877. The highest BCUT2D eigenvalue weighted by Crippen LogP contribution is 2.33. The van der Waals surface area contributed by atoms with Gasteiger partial charge in [0, 0.05) is 23.8 Å². The molecular weight excluding hydrogens is 344 g/mol. The van der Waals surface area contributed by atoms with Crippen LogP contribution in [0, 0.1) is 5.92 Å². The van der Waals surface area contributed by atoms with Crippen molar-refractivity contribution in [2.24, 2.45) is 5.92 Å². The Hall–Kier alpha value is -3.02. The summed E-state index contributed by atoms with van der Waals surface area (Å²) in [5.74, 6) is 0.651. The smallest absolute Gasteiger partial charge is 0.263 e. The lowest BCUT2D eigenvalue weighted by atomic mass is 10.1. The predicted molar refractivity (Wildman–Crippen MR) is 105 cm³/mol. The molecule has 142 valence electrons. The summed E-state index contributed by atoms with van der Waals surface area (Å²) < 4.78 is 10.6. The lowest BCUT2D eigenvalue weighted by Gasteiger charge is -2.20. The Morgan fingerprint density at radius 1 is 1.07 bits per heavy atom. The molecule has 0 saturated carbocycles. The number of benzene rings is 2. The fourth-order valence-corrected chi connectivity index (χ4v) is 3.29. The van der Waals surface area contributed by atoms with E-state index in [1.165, 1.54) is 14.2 Å². The van der Waals surface area contributed by atoms with Gasteiger partial charge in [-0.3, -0.25) is 9.59 Å². The first-order valence-electron chi connectivity index (χ1n) is 8.93. The Morgan fingerprint density at radius 3 is 2.33 bits per heavy atom. The summed E-state index contributed by atoms with van der Waals surface area (Å²) in [4.78, 5) is 26.9. The Balaban J connectivity index is 1.84. The molecule has 2 amide bonds. The number of nitrogens with one attached hydrogen (secondary N) is 1. The maximum Gasteiger partial charge on any atom is 0.263 e. The van der Waals surface area contributed by atoms with E-state index in [0.717, 1.165) is 17.7 Å². The molecule has 1 N–H and O–H groups in total. The molecule has 0 aromatic heterocycles. The average molecular weight is 368 g/mol. The van der Waals surface area contributed by atoms with Gasteiger partial charge in [-0.25, -0.2) is 0 Å². The molecule has 0 fully saturated rings. The summed E-state index contributed by atoms with van der Waals surface area (Å²) in [5.41, 5.74) is 2.99. The van der Waals surface area contributed by atoms with Gasteiger partial charge < -0.3 is 19.7 Å². The number of amides is 2. The summed E-state index contributed by atoms with van der Waals surface area (Å²) in [6.07, 6.45) is 0.773. The lowest BCUT2D eigenvalue weighted by Crippen LogP contribution is -2.32. The van der Waals surface area contributed by atoms with Gasteiger partial charge in [0.15, 0.2) is 0 Å². The van der Waals surface area contributed by atoms with Crippen molar-refractivity contribution < 1.29 is 19.1 Å². The number of fused-ring (bicyclic) bond motifs is 1. The fraction of sp³-hybridized carbons (Fsp3) is 0.333. The molecule has 0 bridgehead atoms. The molecule has 27 heavy (non-hydrogen) atoms. The molecule has 3 rings (SSSR count). The third-order valence-corrected chi connectivity index (χ3v) is 4.65. The normalized spacial score (nSPS) is 12.7. The van der Waals surface area contributed by atoms with Crippen molar-refractivity contribution in [3.63, 3.8) is 0 Å². The number of ether oxygens (including phenoxy) is 2. The summed E-state index contributed by atoms with van der Waals surface area (Å²) in [6.45, 7) is 4.47. The van der Waals surface area contributed by atoms with Crippen LogP contribution in [0.15, 0.2) is 36.4 Å². The van der Waals surface area contributed by atoms with Crippen LogP contribution in [-0.4, -0.2) is 32.6 Å². The van der Waals surface area contributed by atoms with E-state index >= 15 is 0 Å². The van der Waals surface area contributed by atoms with Crippen molar-refractivity contribution in [1.29, 1.82) is 0 Å². The number of methoxy groups -OCH3 is 2. The van der Waals surface area contributed by atoms with Crippen LogP contribution in [0.2, 0.25) is 0 Å². The third kappa shape index (κ3) is 3.60. The zero-order valence-corrected chi connectivity index (χ0v) is 16.0. The monoisotopic (exact) mass is 368 g/mol. The number of rotatable bonds is 5. The van der Waals surface area contributed by atoms with Crippen LogP contribution in [0.25, 0.3) is 0 Å². The van der Waals surface area contributed by atoms with Crippen molar-refractivity contribution in [3.8, 4) is 11.5 Å². The van der Waals surface area contributed by atoms with E-state index in [2.05, 4.69) is 5.32 Å². The first-order valence-corrected chi connectivity index (χ1v) is 8.93. The van der Waals surface area contributed by atoms with Gasteiger partial charge in [0.2, 0.25) is 5.91 Å². The van der Waals surface area contributed by atoms with Crippen LogP contribution in [0.3, 0.4) is 0 Å². The first-order chi connectivity index (χ1) is 13.0. The maximum atomic E-state index is 12.8. The Kier molecular flexibility index (Phi) is 5.35. The van der Waals surface area contributed by atoms with E-state index < -0.39 is 0 Å². The zero-order valence-electron chi connectivity index (χ0n) is 16.0. The first kappa shape index (κ1) is 18.8. The lowest BCUT2D eigenvalue weighted by molar-refractivity contribution is -0.121. The number of carbonyl (C=O) groups is 2. The van der Waals surface area contributed by atoms with E-state index in [1.807, 2.05) is 36.9 Å². The number of nitrogens with zero attached hydrogens (tertiary/aromatic N) is 1. The molecule has 0 aliphatic carbocycles. The molecule has 6 nitrogen and oxygen atoms in total. The highest BCUT2D eigenvalue weighted by molar-refractivity contribution is 6.08. The maximum absolute atomic E-state index is 12.8. The van der Waals surface area contributed by atoms with Crippen molar-refractivity contribution in [2.75, 3.05) is 31.0 Å². The van der Waals surface area contributed by atoms with Crippen molar-refractivity contribution in [3.05, 3.63) is 47.5 Å². The average Bonchev–Trinajstić information content (AvgIpc) is 3.09. The third-order valence-electron chi connectivity index (χ3n) is 4.65. The van der Waals surface area contributed by atoms with Crippen molar-refractivity contribution in [2.45, 2.75) is 20.3 Å². The van der Waals surface area contributed by atoms with E-state index in [0.29, 0.717) is 29.3 Å². The summed E-state index contributed by atoms with van der Waals surface area (Å²) >= 11 is 0. The largest absolute Gasteiger partial charge is 0.496 e. The molecule has 0 spiro atoms. The minimum absolute atomic E-state index is 0.0478. The molecule has 2 aromatic carbocycles. The summed E-state index contributed by atoms with van der Waals surface area (Å²) in [7, 11) is 3.03. The standard InChI is InChI=1S/C21H24N2O4/c1-13(2)21(25)23-11-10-14-12-15(8-9-16(14)23)22-20(24)19-17(26-3)6-5-7-18(19)27-4/h5-9,12-13H,10-11H2,1-4H3,(H,22,24). The molecule has 1 aliphatic rings. The number of carbonyl (C=O) groups excluding carboxylic acids is 2. The second kappa shape index (κ2) is 7.70. The number of hydrogen-bond acceptors (Lipinski definition) is 4. The van der Waals surface area contributed by atoms with Crippen LogP contribution in [0.1, 0.15) is 29.8 Å². The van der Waals surface area contributed by atoms with Crippen molar-refractivity contribution >= 4 is 23.2 Å². The molecule has 0 saturated heterocycles. The molecule has 0 radical (unpaired) electrons. The molecular formula is C21H24N2O4. The fourth-order valence-electron chi connectivity index (χ4n) is 3.29. The van der Waals surface area contributed by atoms with Crippen molar-refractivity contribution in [1.82, 2.24) is 0 Å². The number of hydrogen-bond donors (Lipinski definition) is 1. The molecule has 1 aliphatic heterocycles. The minimum Gasteiger partial charge on any atom is -0.496 e. The minimum atomic E-state index is -0.308. The topological polar surface area (TPSA) is 67.9 Å². The van der Waals surface area contributed by atoms with Crippen LogP contribution in [-0.2, 0) is 11.2 Å². The molecule has 0 unspecified atom stereocenters. The van der Waals surface area contributed by atoms with E-state index in [-0.39, 0.29) is 17.7 Å². The van der Waals surface area contributed by atoms with Crippen LogP contribution < -0.4 is 19.7 Å². The van der Waals surface area contributed by atoms with Gasteiger partial charge in [0.1, 0.15) is 17.1 Å². The van der Waals surface area contributed by atoms with Crippen LogP contribution in [0.5, 0.6) is 11.5 Å². The Morgan fingerprint density at radius 2 is 1.74 bits per heavy atom. The highest BCUT2D eigenvalue weighted by Gasteiger charge is 2.27. The molecule has 0 atom stereocenters. The van der Waals surface area contributed by atoms with Gasteiger partial charge >= 0.3 is 0 Å². The van der Waals surface area contributed by atoms with Gasteiger partial charge in [-0.15, -0.1) is 0 Å². The predicted octanol–water partition coefficient (Wildman–Crippen LogP) is 3.50. The second-order valence-corrected chi connectivity index (χ2v) is 6.73. The van der Waals surface area contributed by atoms with Gasteiger partial charge in [0.25, 0.3) is 5.91 Å². The molecule has 1 heterocycles. The van der Waals surface area contributed by atoms with Gasteiger partial charge in [0.05, 0.1) is 14.2 Å². The summed E-state index contributed by atoms with van der Waals surface area (Å²) in [5, 5.41) is 2.90. The van der Waals surface area contributed by atoms with Gasteiger partial charge in [-0.2, -0.15) is 0 Å². The second-order valence-electron chi connectivity index (χ2n) is 6.73. The summed E-state index contributed by atoms with van der Waals surface area (Å²) in [6, 6.07) is 10.8. The Bertz CT molecular complexity index is 854. The van der Waals surface area contributed by atoms with E-state index in [9.17, 15) is 9.59 Å². The number of anilines is 2. The van der Waals surface area contributed by atoms with Crippen LogP contribution in [0.4, 0.5) is 11.4 Å². The van der Waals surface area contributed by atoms with E-state index in [1.54, 1.807) is 18.2 Å². The zero-order chi connectivity index (χ0) is 19.6.